The van der Waals surface area contributed by atoms with Gasteiger partial charge in [-0.25, -0.2) is 9.59 Å². The van der Waals surface area contributed by atoms with Gasteiger partial charge in [0.25, 0.3) is 0 Å². The Hall–Kier alpha value is -1.50. The van der Waals surface area contributed by atoms with Crippen LogP contribution in [0.25, 0.3) is 0 Å². The third-order valence-corrected chi connectivity index (χ3v) is 4.17. The second-order valence-electron chi connectivity index (χ2n) is 7.09. The second kappa shape index (κ2) is 7.38. The first kappa shape index (κ1) is 17.8. The number of nitrogens with zero attached hydrogens (tertiary/aromatic N) is 3. The maximum absolute atomic E-state index is 12.1. The van der Waals surface area contributed by atoms with E-state index in [1.165, 1.54) is 0 Å². The summed E-state index contributed by atoms with van der Waals surface area (Å²) in [5.74, 6) is 0. The van der Waals surface area contributed by atoms with E-state index in [1.54, 1.807) is 9.80 Å². The van der Waals surface area contributed by atoms with Crippen molar-refractivity contribution in [2.75, 3.05) is 45.9 Å². The molecule has 0 radical (unpaired) electrons. The molecule has 23 heavy (non-hydrogen) atoms. The Morgan fingerprint density at radius 2 is 1.65 bits per heavy atom. The number of carbonyl (C=O) groups excluding carboxylic acids is 2. The molecule has 0 aromatic rings. The highest BCUT2D eigenvalue weighted by atomic mass is 16.6. The number of carbonyl (C=O) groups is 2. The summed E-state index contributed by atoms with van der Waals surface area (Å²) in [6.07, 6.45) is 0.498. The van der Waals surface area contributed by atoms with Crippen molar-refractivity contribution in [3.8, 4) is 0 Å². The van der Waals surface area contributed by atoms with Gasteiger partial charge in [0.2, 0.25) is 0 Å². The number of piperazine rings is 1. The van der Waals surface area contributed by atoms with Crippen LogP contribution in [0.4, 0.5) is 9.59 Å². The Morgan fingerprint density at radius 1 is 1.00 bits per heavy atom. The zero-order valence-corrected chi connectivity index (χ0v) is 14.7. The first-order chi connectivity index (χ1) is 10.8. The third kappa shape index (κ3) is 4.99. The maximum Gasteiger partial charge on any atom is 0.410 e. The van der Waals surface area contributed by atoms with E-state index in [-0.39, 0.29) is 12.2 Å². The molecule has 0 aliphatic carbocycles. The first-order valence-corrected chi connectivity index (χ1v) is 8.44. The standard InChI is InChI=1S/C16H29N3O4/c1-5-22-14(20)18-10-8-17(9-11-18)13-6-7-19(12-13)15(21)23-16(2,3)4/h13H,5-12H2,1-4H3/t13-/m0/s1. The van der Waals surface area contributed by atoms with Gasteiger partial charge in [-0.2, -0.15) is 0 Å². The summed E-state index contributed by atoms with van der Waals surface area (Å²) < 4.78 is 10.5. The molecule has 2 heterocycles. The molecule has 2 amide bonds. The highest BCUT2D eigenvalue weighted by Crippen LogP contribution is 2.20. The van der Waals surface area contributed by atoms with Crippen molar-refractivity contribution >= 4 is 12.2 Å². The monoisotopic (exact) mass is 327 g/mol. The molecule has 2 fully saturated rings. The van der Waals surface area contributed by atoms with Crippen LogP contribution in [-0.2, 0) is 9.47 Å². The van der Waals surface area contributed by atoms with Crippen LogP contribution >= 0.6 is 0 Å². The lowest BCUT2D eigenvalue weighted by Crippen LogP contribution is -2.52. The van der Waals surface area contributed by atoms with Gasteiger partial charge < -0.3 is 19.3 Å². The van der Waals surface area contributed by atoms with E-state index in [0.29, 0.717) is 32.3 Å². The summed E-state index contributed by atoms with van der Waals surface area (Å²) >= 11 is 0. The van der Waals surface area contributed by atoms with E-state index in [0.717, 1.165) is 26.1 Å². The van der Waals surface area contributed by atoms with E-state index >= 15 is 0 Å². The molecule has 132 valence electrons. The summed E-state index contributed by atoms with van der Waals surface area (Å²) in [5.41, 5.74) is -0.458. The van der Waals surface area contributed by atoms with Crippen molar-refractivity contribution in [1.29, 1.82) is 0 Å². The number of likely N-dealkylation sites (tertiary alicyclic amines) is 1. The Morgan fingerprint density at radius 3 is 2.22 bits per heavy atom. The highest BCUT2D eigenvalue weighted by Gasteiger charge is 2.34. The fourth-order valence-electron chi connectivity index (χ4n) is 3.02. The van der Waals surface area contributed by atoms with Gasteiger partial charge in [-0.3, -0.25) is 4.90 Å². The molecule has 0 bridgehead atoms. The smallest absolute Gasteiger partial charge is 0.410 e. The lowest BCUT2D eigenvalue weighted by atomic mass is 10.2. The van der Waals surface area contributed by atoms with Crippen molar-refractivity contribution in [2.24, 2.45) is 0 Å². The Bertz CT molecular complexity index is 428. The van der Waals surface area contributed by atoms with Gasteiger partial charge in [0.15, 0.2) is 0 Å². The van der Waals surface area contributed by atoms with Gasteiger partial charge in [-0.05, 0) is 34.1 Å². The van der Waals surface area contributed by atoms with Gasteiger partial charge in [0, 0.05) is 45.3 Å². The summed E-state index contributed by atoms with van der Waals surface area (Å²) in [6, 6.07) is 0.354. The number of hydrogen-bond donors (Lipinski definition) is 0. The minimum absolute atomic E-state index is 0.228. The fraction of sp³-hybridized carbons (Fsp3) is 0.875. The van der Waals surface area contributed by atoms with Crippen molar-refractivity contribution in [1.82, 2.24) is 14.7 Å². The number of rotatable bonds is 2. The normalized spacial score (nSPS) is 23.0. The van der Waals surface area contributed by atoms with E-state index in [9.17, 15) is 9.59 Å². The zero-order valence-electron chi connectivity index (χ0n) is 14.7. The minimum atomic E-state index is -0.458. The molecule has 7 heteroatoms. The van der Waals surface area contributed by atoms with Crippen molar-refractivity contribution in [3.05, 3.63) is 0 Å². The number of hydrogen-bond acceptors (Lipinski definition) is 5. The van der Waals surface area contributed by atoms with Crippen LogP contribution in [0.5, 0.6) is 0 Å². The molecule has 0 spiro atoms. The first-order valence-electron chi connectivity index (χ1n) is 8.44. The molecule has 0 saturated carbocycles. The molecule has 2 aliphatic heterocycles. The average Bonchev–Trinajstić information content (AvgIpc) is 2.96. The number of ether oxygens (including phenoxy) is 2. The topological polar surface area (TPSA) is 62.3 Å². The van der Waals surface area contributed by atoms with E-state index in [4.69, 9.17) is 9.47 Å². The van der Waals surface area contributed by atoms with Crippen LogP contribution < -0.4 is 0 Å². The molecule has 2 saturated heterocycles. The number of amides is 2. The molecule has 2 rings (SSSR count). The molecular formula is C16H29N3O4. The minimum Gasteiger partial charge on any atom is -0.450 e. The van der Waals surface area contributed by atoms with Crippen LogP contribution in [0.2, 0.25) is 0 Å². The lowest BCUT2D eigenvalue weighted by Gasteiger charge is -2.37. The van der Waals surface area contributed by atoms with Crippen LogP contribution in [0, 0.1) is 0 Å². The summed E-state index contributed by atoms with van der Waals surface area (Å²) in [5, 5.41) is 0. The summed E-state index contributed by atoms with van der Waals surface area (Å²) in [7, 11) is 0. The molecule has 1 atom stereocenters. The lowest BCUT2D eigenvalue weighted by molar-refractivity contribution is 0.0269. The van der Waals surface area contributed by atoms with Crippen LogP contribution in [-0.4, -0.2) is 84.4 Å². The second-order valence-corrected chi connectivity index (χ2v) is 7.09. The molecular weight excluding hydrogens is 298 g/mol. The fourth-order valence-corrected chi connectivity index (χ4v) is 3.02. The van der Waals surface area contributed by atoms with Crippen LogP contribution in [0.15, 0.2) is 0 Å². The molecule has 0 N–H and O–H groups in total. The van der Waals surface area contributed by atoms with Crippen molar-refractivity contribution in [2.45, 2.75) is 45.8 Å². The van der Waals surface area contributed by atoms with E-state index in [1.807, 2.05) is 27.7 Å². The van der Waals surface area contributed by atoms with Gasteiger partial charge in [-0.1, -0.05) is 0 Å². The SMILES string of the molecule is CCOC(=O)N1CCN([C@H]2CCN(C(=O)OC(C)(C)C)C2)CC1. The summed E-state index contributed by atoms with van der Waals surface area (Å²) in [4.78, 5) is 29.7. The molecule has 0 aromatic carbocycles. The maximum atomic E-state index is 12.1. The van der Waals surface area contributed by atoms with Crippen LogP contribution in [0.1, 0.15) is 34.1 Å². The van der Waals surface area contributed by atoms with Gasteiger partial charge in [-0.15, -0.1) is 0 Å². The molecule has 0 unspecified atom stereocenters. The Balaban J connectivity index is 1.78. The predicted octanol–water partition coefficient (Wildman–Crippen LogP) is 1.77. The largest absolute Gasteiger partial charge is 0.450 e. The van der Waals surface area contributed by atoms with Crippen molar-refractivity contribution < 1.29 is 19.1 Å². The van der Waals surface area contributed by atoms with Gasteiger partial charge in [0.1, 0.15) is 5.60 Å². The highest BCUT2D eigenvalue weighted by molar-refractivity contribution is 5.68. The Kier molecular flexibility index (Phi) is 5.73. The van der Waals surface area contributed by atoms with Gasteiger partial charge >= 0.3 is 12.2 Å². The van der Waals surface area contributed by atoms with E-state index in [2.05, 4.69) is 4.90 Å². The zero-order chi connectivity index (χ0) is 17.0. The molecule has 2 aliphatic rings. The van der Waals surface area contributed by atoms with Crippen molar-refractivity contribution in [3.63, 3.8) is 0 Å². The molecule has 7 nitrogen and oxygen atoms in total. The predicted molar refractivity (Wildman–Crippen MR) is 86.4 cm³/mol. The van der Waals surface area contributed by atoms with E-state index < -0.39 is 5.60 Å². The Labute approximate surface area is 138 Å². The van der Waals surface area contributed by atoms with Crippen LogP contribution in [0.3, 0.4) is 0 Å². The third-order valence-electron chi connectivity index (χ3n) is 4.17. The van der Waals surface area contributed by atoms with Gasteiger partial charge in [0.05, 0.1) is 6.61 Å². The average molecular weight is 327 g/mol. The molecule has 0 aromatic heterocycles. The summed E-state index contributed by atoms with van der Waals surface area (Å²) in [6.45, 7) is 12.3. The quantitative estimate of drug-likeness (QED) is 0.773.